The van der Waals surface area contributed by atoms with Crippen molar-refractivity contribution in [1.82, 2.24) is 18.7 Å². The van der Waals surface area contributed by atoms with Gasteiger partial charge in [-0.2, -0.15) is 0 Å². The van der Waals surface area contributed by atoms with Crippen LogP contribution < -0.4 is 17.0 Å². The number of ether oxygens (including phenoxy) is 1. The van der Waals surface area contributed by atoms with Gasteiger partial charge in [0, 0.05) is 35.5 Å². The lowest BCUT2D eigenvalue weighted by Gasteiger charge is -2.25. The average molecular weight is 514 g/mol. The van der Waals surface area contributed by atoms with Crippen LogP contribution in [-0.2, 0) is 16.1 Å². The van der Waals surface area contributed by atoms with Gasteiger partial charge in [-0.15, -0.1) is 0 Å². The molecule has 1 fully saturated rings. The predicted octanol–water partition coefficient (Wildman–Crippen LogP) is 3.16. The smallest absolute Gasteiger partial charge is 0.333 e. The number of imidazole rings is 1. The number of amides is 1. The molecule has 0 atom stereocenters. The molecule has 2 aromatic heterocycles. The zero-order valence-electron chi connectivity index (χ0n) is 18.5. The summed E-state index contributed by atoms with van der Waals surface area (Å²) in [7, 11) is 0. The van der Waals surface area contributed by atoms with Gasteiger partial charge in [0.2, 0.25) is 5.91 Å². The van der Waals surface area contributed by atoms with Gasteiger partial charge in [0.15, 0.2) is 11.2 Å². The van der Waals surface area contributed by atoms with Crippen LogP contribution in [0.5, 0.6) is 0 Å². The number of carbonyl (C=O) groups is 1. The van der Waals surface area contributed by atoms with Gasteiger partial charge in [-0.05, 0) is 49.2 Å². The van der Waals surface area contributed by atoms with Crippen LogP contribution in [0.4, 0.5) is 0 Å². The molecule has 0 unspecified atom stereocenters. The quantitative estimate of drug-likeness (QED) is 0.440. The largest absolute Gasteiger partial charge is 0.381 e. The van der Waals surface area contributed by atoms with E-state index in [1.54, 1.807) is 47.0 Å². The highest BCUT2D eigenvalue weighted by molar-refractivity contribution is 6.33. The van der Waals surface area contributed by atoms with E-state index in [-0.39, 0.29) is 17.2 Å². The van der Waals surface area contributed by atoms with Crippen molar-refractivity contribution in [2.75, 3.05) is 13.2 Å². The summed E-state index contributed by atoms with van der Waals surface area (Å²) in [6.07, 6.45) is 1.11. The van der Waals surface area contributed by atoms with Crippen molar-refractivity contribution >= 4 is 40.3 Å². The molecule has 9 nitrogen and oxygen atoms in total. The lowest BCUT2D eigenvalue weighted by atomic mass is 10.1. The first kappa shape index (κ1) is 23.3. The number of hydrogen-bond acceptors (Lipinski definition) is 5. The minimum Gasteiger partial charge on any atom is -0.381 e. The van der Waals surface area contributed by atoms with Gasteiger partial charge in [-0.3, -0.25) is 18.7 Å². The Morgan fingerprint density at radius 3 is 2.40 bits per heavy atom. The van der Waals surface area contributed by atoms with E-state index in [4.69, 9.17) is 38.7 Å². The van der Waals surface area contributed by atoms with Crippen molar-refractivity contribution in [3.8, 4) is 17.1 Å². The third-order valence-corrected chi connectivity index (χ3v) is 6.62. The lowest BCUT2D eigenvalue weighted by Crippen LogP contribution is -2.45. The molecule has 1 saturated heterocycles. The van der Waals surface area contributed by atoms with Crippen molar-refractivity contribution in [2.24, 2.45) is 5.73 Å². The molecule has 1 amide bonds. The lowest BCUT2D eigenvalue weighted by molar-refractivity contribution is -0.118. The molecular weight excluding hydrogens is 493 g/mol. The Bertz CT molecular complexity index is 1550. The number of primary amides is 1. The summed E-state index contributed by atoms with van der Waals surface area (Å²) in [5, 5.41) is 0.943. The van der Waals surface area contributed by atoms with E-state index in [9.17, 15) is 14.4 Å². The molecule has 0 radical (unpaired) electrons. The topological polar surface area (TPSA) is 114 Å². The molecular formula is C24H21Cl2N5O4. The summed E-state index contributed by atoms with van der Waals surface area (Å²) in [6.45, 7) is 0.371. The monoisotopic (exact) mass is 513 g/mol. The van der Waals surface area contributed by atoms with Crippen LogP contribution in [0, 0.1) is 0 Å². The molecule has 180 valence electrons. The second kappa shape index (κ2) is 9.33. The average Bonchev–Trinajstić information content (AvgIpc) is 3.23. The third kappa shape index (κ3) is 4.16. The number of benzene rings is 2. The minimum absolute atomic E-state index is 0.134. The molecule has 5 rings (SSSR count). The second-order valence-electron chi connectivity index (χ2n) is 8.25. The molecule has 0 aliphatic carbocycles. The molecule has 2 aromatic carbocycles. The van der Waals surface area contributed by atoms with E-state index >= 15 is 0 Å². The van der Waals surface area contributed by atoms with Gasteiger partial charge in [0.1, 0.15) is 12.4 Å². The zero-order chi connectivity index (χ0) is 24.7. The highest BCUT2D eigenvalue weighted by Gasteiger charge is 2.28. The van der Waals surface area contributed by atoms with E-state index in [0.717, 1.165) is 4.57 Å². The molecule has 2 N–H and O–H groups in total. The van der Waals surface area contributed by atoms with Crippen molar-refractivity contribution in [1.29, 1.82) is 0 Å². The van der Waals surface area contributed by atoms with Gasteiger partial charge in [-0.1, -0.05) is 35.3 Å². The second-order valence-corrected chi connectivity index (χ2v) is 9.10. The molecule has 11 heteroatoms. The molecule has 3 heterocycles. The summed E-state index contributed by atoms with van der Waals surface area (Å²) < 4.78 is 9.46. The first-order valence-electron chi connectivity index (χ1n) is 11.0. The Hall–Kier alpha value is -3.40. The van der Waals surface area contributed by atoms with Crippen LogP contribution >= 0.6 is 23.2 Å². The summed E-state index contributed by atoms with van der Waals surface area (Å²) in [5.74, 6) is -0.423. The van der Waals surface area contributed by atoms with Crippen LogP contribution in [0.3, 0.4) is 0 Å². The molecule has 0 saturated carbocycles. The maximum atomic E-state index is 13.7. The first-order valence-corrected chi connectivity index (χ1v) is 11.8. The molecule has 1 aliphatic heterocycles. The maximum Gasteiger partial charge on any atom is 0.333 e. The van der Waals surface area contributed by atoms with Crippen molar-refractivity contribution in [2.45, 2.75) is 25.4 Å². The molecule has 35 heavy (non-hydrogen) atoms. The van der Waals surface area contributed by atoms with E-state index in [1.165, 1.54) is 4.57 Å². The van der Waals surface area contributed by atoms with E-state index in [0.29, 0.717) is 53.2 Å². The Labute approximate surface area is 209 Å². The van der Waals surface area contributed by atoms with E-state index in [2.05, 4.69) is 0 Å². The van der Waals surface area contributed by atoms with Gasteiger partial charge in [-0.25, -0.2) is 14.3 Å². The van der Waals surface area contributed by atoms with Crippen molar-refractivity contribution in [3.05, 3.63) is 79.4 Å². The summed E-state index contributed by atoms with van der Waals surface area (Å²) in [4.78, 5) is 43.8. The zero-order valence-corrected chi connectivity index (χ0v) is 20.0. The number of aromatic nitrogens is 4. The fourth-order valence-electron chi connectivity index (χ4n) is 4.44. The number of carbonyl (C=O) groups excluding carboxylic acids is 1. The highest BCUT2D eigenvalue weighted by Crippen LogP contribution is 2.33. The fraction of sp³-hybridized carbons (Fsp3) is 0.250. The standard InChI is InChI=1S/C24H21Cl2N5O4/c25-14-5-7-15(8-6-14)30-20-22(28-21(30)17-3-1-2-4-18(17)26)31(16-9-11-35-12-10-16)24(34)29(23(20)33)13-19(27)32/h1-8,16H,9-13H2,(H2,27,32). The summed E-state index contributed by atoms with van der Waals surface area (Å²) >= 11 is 12.6. The number of nitrogens with two attached hydrogens (primary N) is 1. The third-order valence-electron chi connectivity index (χ3n) is 6.04. The Kier molecular flexibility index (Phi) is 6.22. The molecule has 0 spiro atoms. The van der Waals surface area contributed by atoms with Crippen LogP contribution in [-0.4, -0.2) is 37.8 Å². The van der Waals surface area contributed by atoms with Crippen LogP contribution in [0.25, 0.3) is 28.2 Å². The van der Waals surface area contributed by atoms with Crippen LogP contribution in [0.15, 0.2) is 58.1 Å². The number of halogens is 2. The van der Waals surface area contributed by atoms with Gasteiger partial charge < -0.3 is 10.5 Å². The summed E-state index contributed by atoms with van der Waals surface area (Å²) in [5.41, 5.74) is 5.59. The van der Waals surface area contributed by atoms with Crippen molar-refractivity contribution in [3.63, 3.8) is 0 Å². The molecule has 4 aromatic rings. The summed E-state index contributed by atoms with van der Waals surface area (Å²) in [6, 6.07) is 13.7. The normalized spacial score (nSPS) is 14.5. The van der Waals surface area contributed by atoms with Gasteiger partial charge in [0.05, 0.1) is 5.02 Å². The number of fused-ring (bicyclic) bond motifs is 1. The molecule has 1 aliphatic rings. The van der Waals surface area contributed by atoms with E-state index < -0.39 is 23.7 Å². The Morgan fingerprint density at radius 1 is 1.06 bits per heavy atom. The SMILES string of the molecule is NC(=O)Cn1c(=O)c2c(nc(-c3ccccc3Cl)n2-c2ccc(Cl)cc2)n(C2CCOCC2)c1=O. The van der Waals surface area contributed by atoms with Crippen molar-refractivity contribution < 1.29 is 9.53 Å². The Morgan fingerprint density at radius 2 is 1.74 bits per heavy atom. The molecule has 0 bridgehead atoms. The maximum absolute atomic E-state index is 13.7. The van der Waals surface area contributed by atoms with Crippen LogP contribution in [0.2, 0.25) is 10.0 Å². The van der Waals surface area contributed by atoms with Gasteiger partial charge >= 0.3 is 5.69 Å². The van der Waals surface area contributed by atoms with E-state index in [1.807, 2.05) is 6.07 Å². The fourth-order valence-corrected chi connectivity index (χ4v) is 4.78. The highest BCUT2D eigenvalue weighted by atomic mass is 35.5. The Balaban J connectivity index is 1.95. The number of nitrogens with zero attached hydrogens (tertiary/aromatic N) is 4. The van der Waals surface area contributed by atoms with Crippen LogP contribution in [0.1, 0.15) is 18.9 Å². The number of rotatable bonds is 5. The predicted molar refractivity (Wildman–Crippen MR) is 133 cm³/mol. The first-order chi connectivity index (χ1) is 16.9. The number of hydrogen-bond donors (Lipinski definition) is 1. The van der Waals surface area contributed by atoms with Gasteiger partial charge in [0.25, 0.3) is 5.56 Å². The minimum atomic E-state index is -0.800.